The normalized spacial score (nSPS) is 12.1. The van der Waals surface area contributed by atoms with Crippen LogP contribution in [0.1, 0.15) is 11.1 Å². The van der Waals surface area contributed by atoms with Crippen molar-refractivity contribution < 1.29 is 13.2 Å². The van der Waals surface area contributed by atoms with Gasteiger partial charge in [0.1, 0.15) is 5.15 Å². The first kappa shape index (κ1) is 13.7. The number of fused-ring (bicyclic) bond motifs is 1. The lowest BCUT2D eigenvalue weighted by atomic mass is 10.1. The van der Waals surface area contributed by atoms with Crippen LogP contribution in [0.2, 0.25) is 10.2 Å². The SMILES string of the molecule is FC(F)(F)c1ccc(Cl)c2nc(Cl)c(CCl)cc12. The summed E-state index contributed by atoms with van der Waals surface area (Å²) in [5.74, 6) is -0.0222. The van der Waals surface area contributed by atoms with Crippen molar-refractivity contribution in [1.82, 2.24) is 4.98 Å². The van der Waals surface area contributed by atoms with Gasteiger partial charge in [-0.3, -0.25) is 0 Å². The Morgan fingerprint density at radius 3 is 2.39 bits per heavy atom. The summed E-state index contributed by atoms with van der Waals surface area (Å²) in [6, 6.07) is 3.33. The van der Waals surface area contributed by atoms with Gasteiger partial charge in [0.25, 0.3) is 0 Å². The molecule has 0 N–H and O–H groups in total. The van der Waals surface area contributed by atoms with Crippen LogP contribution in [0.4, 0.5) is 13.2 Å². The van der Waals surface area contributed by atoms with Crippen molar-refractivity contribution in [3.63, 3.8) is 0 Å². The van der Waals surface area contributed by atoms with Crippen LogP contribution < -0.4 is 0 Å². The van der Waals surface area contributed by atoms with Crippen LogP contribution in [0, 0.1) is 0 Å². The third-order valence-electron chi connectivity index (χ3n) is 2.41. The van der Waals surface area contributed by atoms with Gasteiger partial charge in [0, 0.05) is 10.9 Å². The standard InChI is InChI=1S/C11H5Cl3F3N/c12-4-5-3-6-7(11(15,16)17)1-2-8(13)9(6)18-10(5)14/h1-3H,4H2. The molecule has 0 saturated carbocycles. The Kier molecular flexibility index (Phi) is 3.63. The number of rotatable bonds is 1. The quantitative estimate of drug-likeness (QED) is 0.514. The van der Waals surface area contributed by atoms with E-state index in [2.05, 4.69) is 4.98 Å². The van der Waals surface area contributed by atoms with Gasteiger partial charge in [-0.15, -0.1) is 11.6 Å². The number of hydrogen-bond donors (Lipinski definition) is 0. The Labute approximate surface area is 115 Å². The topological polar surface area (TPSA) is 12.9 Å². The molecular formula is C11H5Cl3F3N. The summed E-state index contributed by atoms with van der Waals surface area (Å²) in [4.78, 5) is 3.87. The summed E-state index contributed by atoms with van der Waals surface area (Å²) < 4.78 is 38.5. The van der Waals surface area contributed by atoms with E-state index in [0.717, 1.165) is 12.1 Å². The molecule has 2 aromatic rings. The zero-order valence-corrected chi connectivity index (χ0v) is 10.9. The van der Waals surface area contributed by atoms with Crippen LogP contribution in [0.5, 0.6) is 0 Å². The van der Waals surface area contributed by atoms with Gasteiger partial charge in [-0.25, -0.2) is 4.98 Å². The van der Waals surface area contributed by atoms with Crippen LogP contribution in [-0.4, -0.2) is 4.98 Å². The molecule has 0 aliphatic rings. The van der Waals surface area contributed by atoms with E-state index < -0.39 is 11.7 Å². The molecule has 1 aromatic heterocycles. The molecular weight excluding hydrogens is 309 g/mol. The van der Waals surface area contributed by atoms with Gasteiger partial charge in [0.2, 0.25) is 0 Å². The van der Waals surface area contributed by atoms with E-state index in [1.165, 1.54) is 6.07 Å². The molecule has 7 heteroatoms. The van der Waals surface area contributed by atoms with E-state index in [1.807, 2.05) is 0 Å². The molecule has 1 heterocycles. The third kappa shape index (κ3) is 2.37. The van der Waals surface area contributed by atoms with Crippen LogP contribution >= 0.6 is 34.8 Å². The number of aromatic nitrogens is 1. The highest BCUT2D eigenvalue weighted by Gasteiger charge is 2.33. The number of pyridine rings is 1. The molecule has 0 spiro atoms. The Morgan fingerprint density at radius 1 is 1.17 bits per heavy atom. The lowest BCUT2D eigenvalue weighted by Crippen LogP contribution is -2.06. The average Bonchev–Trinajstić information content (AvgIpc) is 2.28. The first-order chi connectivity index (χ1) is 8.34. The van der Waals surface area contributed by atoms with Crippen molar-refractivity contribution in [2.24, 2.45) is 0 Å². The van der Waals surface area contributed by atoms with Crippen molar-refractivity contribution in [2.75, 3.05) is 0 Å². The fraction of sp³-hybridized carbons (Fsp3) is 0.182. The molecule has 0 bridgehead atoms. The smallest absolute Gasteiger partial charge is 0.234 e. The van der Waals surface area contributed by atoms with Gasteiger partial charge >= 0.3 is 6.18 Å². The van der Waals surface area contributed by atoms with E-state index >= 15 is 0 Å². The molecule has 0 radical (unpaired) electrons. The van der Waals surface area contributed by atoms with E-state index in [1.54, 1.807) is 0 Å². The second-order valence-corrected chi connectivity index (χ2v) is 4.59. The van der Waals surface area contributed by atoms with Gasteiger partial charge in [0.15, 0.2) is 0 Å². The molecule has 1 nitrogen and oxygen atoms in total. The maximum atomic E-state index is 12.8. The molecule has 0 atom stereocenters. The van der Waals surface area contributed by atoms with Gasteiger partial charge in [-0.2, -0.15) is 13.2 Å². The average molecular weight is 315 g/mol. The first-order valence-electron chi connectivity index (χ1n) is 4.75. The first-order valence-corrected chi connectivity index (χ1v) is 6.04. The maximum absolute atomic E-state index is 12.8. The minimum atomic E-state index is -4.48. The Morgan fingerprint density at radius 2 is 1.83 bits per heavy atom. The predicted molar refractivity (Wildman–Crippen MR) is 66.3 cm³/mol. The molecule has 0 saturated heterocycles. The third-order valence-corrected chi connectivity index (χ3v) is 3.33. The summed E-state index contributed by atoms with van der Waals surface area (Å²) in [6.07, 6.45) is -4.48. The number of alkyl halides is 4. The summed E-state index contributed by atoms with van der Waals surface area (Å²) in [7, 11) is 0. The second kappa shape index (κ2) is 4.76. The molecule has 0 aliphatic carbocycles. The van der Waals surface area contributed by atoms with E-state index in [-0.39, 0.29) is 27.0 Å². The van der Waals surface area contributed by atoms with Crippen molar-refractivity contribution in [3.8, 4) is 0 Å². The number of nitrogens with zero attached hydrogens (tertiary/aromatic N) is 1. The van der Waals surface area contributed by atoms with Gasteiger partial charge in [-0.1, -0.05) is 23.2 Å². The summed E-state index contributed by atoms with van der Waals surface area (Å²) in [5, 5.41) is 0.0646. The molecule has 2 rings (SSSR count). The van der Waals surface area contributed by atoms with Crippen molar-refractivity contribution in [3.05, 3.63) is 39.5 Å². The zero-order chi connectivity index (χ0) is 13.5. The largest absolute Gasteiger partial charge is 0.417 e. The maximum Gasteiger partial charge on any atom is 0.417 e. The molecule has 96 valence electrons. The number of hydrogen-bond acceptors (Lipinski definition) is 1. The van der Waals surface area contributed by atoms with Gasteiger partial charge < -0.3 is 0 Å². The number of benzene rings is 1. The number of halogens is 6. The molecule has 0 unspecified atom stereocenters. The molecule has 18 heavy (non-hydrogen) atoms. The molecule has 0 amide bonds. The summed E-state index contributed by atoms with van der Waals surface area (Å²) in [6.45, 7) is 0. The van der Waals surface area contributed by atoms with Crippen LogP contribution in [-0.2, 0) is 12.1 Å². The highest BCUT2D eigenvalue weighted by molar-refractivity contribution is 6.36. The second-order valence-electron chi connectivity index (χ2n) is 3.56. The van der Waals surface area contributed by atoms with Crippen LogP contribution in [0.3, 0.4) is 0 Å². The van der Waals surface area contributed by atoms with E-state index in [4.69, 9.17) is 34.8 Å². The predicted octanol–water partition coefficient (Wildman–Crippen LogP) is 5.30. The van der Waals surface area contributed by atoms with Crippen molar-refractivity contribution in [1.29, 1.82) is 0 Å². The fourth-order valence-corrected chi connectivity index (χ4v) is 2.27. The minimum absolute atomic E-state index is 0.0189. The van der Waals surface area contributed by atoms with E-state index in [0.29, 0.717) is 5.56 Å². The molecule has 1 aromatic carbocycles. The lowest BCUT2D eigenvalue weighted by molar-refractivity contribution is -0.136. The van der Waals surface area contributed by atoms with Crippen molar-refractivity contribution >= 4 is 45.7 Å². The van der Waals surface area contributed by atoms with Gasteiger partial charge in [0.05, 0.1) is 22.0 Å². The van der Waals surface area contributed by atoms with E-state index in [9.17, 15) is 13.2 Å². The Bertz CT molecular complexity index is 610. The Hall–Kier alpha value is -0.710. The van der Waals surface area contributed by atoms with Crippen molar-refractivity contribution in [2.45, 2.75) is 12.1 Å². The monoisotopic (exact) mass is 313 g/mol. The Balaban J connectivity index is 2.87. The lowest BCUT2D eigenvalue weighted by Gasteiger charge is -2.12. The van der Waals surface area contributed by atoms with Gasteiger partial charge in [-0.05, 0) is 18.2 Å². The van der Waals surface area contributed by atoms with Crippen LogP contribution in [0.25, 0.3) is 10.9 Å². The fourth-order valence-electron chi connectivity index (χ4n) is 1.59. The summed E-state index contributed by atoms with van der Waals surface area (Å²) >= 11 is 17.2. The molecule has 0 fully saturated rings. The van der Waals surface area contributed by atoms with Crippen LogP contribution in [0.15, 0.2) is 18.2 Å². The zero-order valence-electron chi connectivity index (χ0n) is 8.65. The highest BCUT2D eigenvalue weighted by atomic mass is 35.5. The summed E-state index contributed by atoms with van der Waals surface area (Å²) in [5.41, 5.74) is -0.457. The minimum Gasteiger partial charge on any atom is -0.234 e. The molecule has 0 aliphatic heterocycles. The highest BCUT2D eigenvalue weighted by Crippen LogP contribution is 2.38.